The fourth-order valence-electron chi connectivity index (χ4n) is 3.26. The molecule has 0 bridgehead atoms. The van der Waals surface area contributed by atoms with Gasteiger partial charge in [0, 0.05) is 22.8 Å². The molecule has 4 aromatic rings. The first-order valence-electron chi connectivity index (χ1n) is 9.68. The van der Waals surface area contributed by atoms with Gasteiger partial charge in [0.1, 0.15) is 0 Å². The van der Waals surface area contributed by atoms with E-state index in [9.17, 15) is 4.79 Å². The highest BCUT2D eigenvalue weighted by molar-refractivity contribution is 5.87. The van der Waals surface area contributed by atoms with E-state index < -0.39 is 0 Å². The van der Waals surface area contributed by atoms with Crippen LogP contribution in [0, 0.1) is 0 Å². The van der Waals surface area contributed by atoms with Gasteiger partial charge in [-0.3, -0.25) is 4.79 Å². The molecule has 2 aromatic heterocycles. The van der Waals surface area contributed by atoms with E-state index in [4.69, 9.17) is 10.5 Å². The maximum Gasteiger partial charge on any atom is 0.310 e. The van der Waals surface area contributed by atoms with Crippen molar-refractivity contribution in [3.05, 3.63) is 71.7 Å². The van der Waals surface area contributed by atoms with Crippen LogP contribution in [-0.4, -0.2) is 25.9 Å². The van der Waals surface area contributed by atoms with Crippen molar-refractivity contribution in [2.24, 2.45) is 0 Å². The van der Waals surface area contributed by atoms with Gasteiger partial charge in [0.15, 0.2) is 12.4 Å². The number of nitrogens with two attached hydrogens (primary N) is 1. The highest BCUT2D eigenvalue weighted by atomic mass is 16.5. The molecule has 0 atom stereocenters. The third-order valence-corrected chi connectivity index (χ3v) is 4.72. The fourth-order valence-corrected chi connectivity index (χ4v) is 3.26. The van der Waals surface area contributed by atoms with Crippen LogP contribution in [0.25, 0.3) is 10.9 Å². The first-order valence-corrected chi connectivity index (χ1v) is 9.68. The fraction of sp³-hybridized carbons (Fsp3) is 0.182. The largest absolute Gasteiger partial charge is 0.457 e. The Morgan fingerprint density at radius 1 is 1.07 bits per heavy atom. The topological polar surface area (TPSA) is 119 Å². The predicted molar refractivity (Wildman–Crippen MR) is 115 cm³/mol. The van der Waals surface area contributed by atoms with Crippen molar-refractivity contribution in [2.45, 2.75) is 26.4 Å². The summed E-state index contributed by atoms with van der Waals surface area (Å²) in [7, 11) is 0. The summed E-state index contributed by atoms with van der Waals surface area (Å²) in [5.74, 6) is 0.283. The smallest absolute Gasteiger partial charge is 0.310 e. The number of esters is 1. The third kappa shape index (κ3) is 4.38. The number of benzene rings is 2. The van der Waals surface area contributed by atoms with Crippen LogP contribution in [-0.2, 0) is 29.0 Å². The lowest BCUT2D eigenvalue weighted by Gasteiger charge is -2.11. The number of carbonyl (C=O) groups excluding carboxylic acids is 1. The molecule has 0 radical (unpaired) electrons. The van der Waals surface area contributed by atoms with Crippen LogP contribution in [0.4, 0.5) is 17.6 Å². The molecule has 152 valence electrons. The van der Waals surface area contributed by atoms with Gasteiger partial charge in [-0.15, -0.1) is 0 Å². The lowest BCUT2D eigenvalue weighted by atomic mass is 10.1. The molecular weight excluding hydrogens is 380 g/mol. The van der Waals surface area contributed by atoms with Gasteiger partial charge < -0.3 is 20.8 Å². The second kappa shape index (κ2) is 8.60. The van der Waals surface area contributed by atoms with E-state index in [0.29, 0.717) is 5.95 Å². The van der Waals surface area contributed by atoms with E-state index in [1.165, 1.54) is 0 Å². The van der Waals surface area contributed by atoms with Gasteiger partial charge in [-0.2, -0.15) is 15.0 Å². The maximum absolute atomic E-state index is 12.3. The Balaban J connectivity index is 1.42. The van der Waals surface area contributed by atoms with Gasteiger partial charge >= 0.3 is 5.97 Å². The molecule has 0 unspecified atom stereocenters. The van der Waals surface area contributed by atoms with E-state index >= 15 is 0 Å². The summed E-state index contributed by atoms with van der Waals surface area (Å²) in [6, 6.07) is 15.7. The Morgan fingerprint density at radius 2 is 1.87 bits per heavy atom. The molecule has 0 aliphatic heterocycles. The first-order chi connectivity index (χ1) is 14.6. The molecular formula is C22H22N6O2. The number of nitrogen functional groups attached to an aromatic ring is 1. The first kappa shape index (κ1) is 19.4. The second-order valence-electron chi connectivity index (χ2n) is 6.77. The summed E-state index contributed by atoms with van der Waals surface area (Å²) in [4.78, 5) is 28.0. The van der Waals surface area contributed by atoms with Crippen molar-refractivity contribution in [3.8, 4) is 0 Å². The highest BCUT2D eigenvalue weighted by Crippen LogP contribution is 2.20. The number of nitrogens with zero attached hydrogens (tertiary/aromatic N) is 3. The zero-order valence-electron chi connectivity index (χ0n) is 16.6. The maximum atomic E-state index is 12.3. The molecule has 0 aliphatic carbocycles. The average Bonchev–Trinajstić information content (AvgIpc) is 3.15. The van der Waals surface area contributed by atoms with Gasteiger partial charge in [-0.05, 0) is 29.7 Å². The Morgan fingerprint density at radius 3 is 2.73 bits per heavy atom. The van der Waals surface area contributed by atoms with Crippen LogP contribution in [0.3, 0.4) is 0 Å². The molecule has 30 heavy (non-hydrogen) atoms. The van der Waals surface area contributed by atoms with Crippen molar-refractivity contribution < 1.29 is 9.53 Å². The number of anilines is 3. The summed E-state index contributed by atoms with van der Waals surface area (Å²) in [5.41, 5.74) is 9.70. The molecule has 2 aromatic carbocycles. The van der Waals surface area contributed by atoms with Gasteiger partial charge in [0.2, 0.25) is 11.9 Å². The number of fused-ring (bicyclic) bond motifs is 1. The van der Waals surface area contributed by atoms with Crippen molar-refractivity contribution in [2.75, 3.05) is 11.1 Å². The molecule has 0 aliphatic rings. The van der Waals surface area contributed by atoms with Crippen LogP contribution in [0.1, 0.15) is 23.9 Å². The predicted octanol–water partition coefficient (Wildman–Crippen LogP) is 3.53. The molecule has 8 heteroatoms. The molecule has 0 saturated carbocycles. The Kier molecular flexibility index (Phi) is 5.56. The molecule has 2 heterocycles. The van der Waals surface area contributed by atoms with E-state index in [-0.39, 0.29) is 30.8 Å². The summed E-state index contributed by atoms with van der Waals surface area (Å²) in [6.45, 7) is 1.98. The van der Waals surface area contributed by atoms with E-state index in [1.54, 1.807) is 0 Å². The lowest BCUT2D eigenvalue weighted by molar-refractivity contribution is -0.144. The number of aromatic amines is 1. The minimum atomic E-state index is -0.371. The number of carbonyl (C=O) groups is 1. The molecule has 0 saturated heterocycles. The SMILES string of the molecule is CCc1ccccc1Nc1nc(N)nc(COC(=O)Cc2c[nH]c3ccccc23)n1. The van der Waals surface area contributed by atoms with Gasteiger partial charge in [0.05, 0.1) is 6.42 Å². The number of H-pyrrole nitrogens is 1. The zero-order valence-corrected chi connectivity index (χ0v) is 16.6. The molecule has 8 nitrogen and oxygen atoms in total. The summed E-state index contributed by atoms with van der Waals surface area (Å²) >= 11 is 0. The molecule has 0 spiro atoms. The molecule has 0 fully saturated rings. The number of hydrogen-bond acceptors (Lipinski definition) is 7. The summed E-state index contributed by atoms with van der Waals surface area (Å²) < 4.78 is 5.37. The van der Waals surface area contributed by atoms with Crippen LogP contribution in [0.5, 0.6) is 0 Å². The zero-order chi connectivity index (χ0) is 20.9. The minimum absolute atomic E-state index is 0.0594. The van der Waals surface area contributed by atoms with Crippen LogP contribution >= 0.6 is 0 Å². The summed E-state index contributed by atoms with van der Waals surface area (Å²) in [5, 5.41) is 4.16. The number of para-hydroxylation sites is 2. The lowest BCUT2D eigenvalue weighted by Crippen LogP contribution is -2.12. The van der Waals surface area contributed by atoms with E-state index in [0.717, 1.165) is 34.1 Å². The van der Waals surface area contributed by atoms with Gasteiger partial charge in [-0.1, -0.05) is 43.3 Å². The Bertz CT molecular complexity index is 1190. The number of aryl methyl sites for hydroxylation is 1. The number of ether oxygens (including phenoxy) is 1. The molecule has 4 rings (SSSR count). The second-order valence-corrected chi connectivity index (χ2v) is 6.77. The number of rotatable bonds is 7. The van der Waals surface area contributed by atoms with Crippen molar-refractivity contribution in [1.82, 2.24) is 19.9 Å². The van der Waals surface area contributed by atoms with E-state index in [1.807, 2.05) is 54.7 Å². The minimum Gasteiger partial charge on any atom is -0.457 e. The van der Waals surface area contributed by atoms with Crippen LogP contribution in [0.2, 0.25) is 0 Å². The van der Waals surface area contributed by atoms with Crippen LogP contribution < -0.4 is 11.1 Å². The average molecular weight is 402 g/mol. The number of aromatic nitrogens is 4. The normalized spacial score (nSPS) is 10.8. The monoisotopic (exact) mass is 402 g/mol. The number of nitrogens with one attached hydrogen (secondary N) is 2. The molecule has 4 N–H and O–H groups in total. The summed E-state index contributed by atoms with van der Waals surface area (Å²) in [6.07, 6.45) is 2.83. The van der Waals surface area contributed by atoms with E-state index in [2.05, 4.69) is 32.2 Å². The molecule has 0 amide bonds. The quantitative estimate of drug-likeness (QED) is 0.405. The van der Waals surface area contributed by atoms with Crippen molar-refractivity contribution in [1.29, 1.82) is 0 Å². The standard InChI is InChI=1S/C22H22N6O2/c1-2-14-7-3-5-9-17(14)25-22-27-19(26-21(23)28-22)13-30-20(29)11-15-12-24-18-10-6-4-8-16(15)18/h3-10,12,24H,2,11,13H2,1H3,(H3,23,25,26,27,28). The van der Waals surface area contributed by atoms with Crippen LogP contribution in [0.15, 0.2) is 54.7 Å². The Hall–Kier alpha value is -3.94. The number of hydrogen-bond donors (Lipinski definition) is 3. The van der Waals surface area contributed by atoms with Crippen molar-refractivity contribution >= 4 is 34.5 Å². The van der Waals surface area contributed by atoms with Gasteiger partial charge in [0.25, 0.3) is 0 Å². The Labute approximate surface area is 173 Å². The van der Waals surface area contributed by atoms with Crippen molar-refractivity contribution in [3.63, 3.8) is 0 Å². The highest BCUT2D eigenvalue weighted by Gasteiger charge is 2.12. The third-order valence-electron chi connectivity index (χ3n) is 4.72. The van der Waals surface area contributed by atoms with Gasteiger partial charge in [-0.25, -0.2) is 0 Å².